The molecule has 0 aromatic heterocycles. The molecule has 5 heteroatoms. The fourth-order valence-electron chi connectivity index (χ4n) is 2.27. The van der Waals surface area contributed by atoms with Crippen molar-refractivity contribution in [3.63, 3.8) is 0 Å². The first-order chi connectivity index (χ1) is 8.39. The first-order valence-electron chi connectivity index (χ1n) is 5.74. The zero-order chi connectivity index (χ0) is 13.3. The summed E-state index contributed by atoms with van der Waals surface area (Å²) in [6, 6.07) is 5.09. The minimum Gasteiger partial charge on any atom is -0.298 e. The standard InChI is InChI=1S/C13H12BrF3O/c14-11-6-2-5-10(12(11)18)8-3-1-4-9(7-8)13(15,16)17/h1,3-4,7,10-11H,2,5-6H2. The summed E-state index contributed by atoms with van der Waals surface area (Å²) in [4.78, 5) is 11.7. The smallest absolute Gasteiger partial charge is 0.298 e. The Labute approximate surface area is 112 Å². The van der Waals surface area contributed by atoms with E-state index in [-0.39, 0.29) is 10.6 Å². The molecule has 0 saturated heterocycles. The van der Waals surface area contributed by atoms with Crippen molar-refractivity contribution >= 4 is 21.7 Å². The molecule has 1 aromatic rings. The van der Waals surface area contributed by atoms with Crippen LogP contribution >= 0.6 is 15.9 Å². The Morgan fingerprint density at radius 3 is 2.61 bits per heavy atom. The van der Waals surface area contributed by atoms with Crippen molar-refractivity contribution in [3.8, 4) is 0 Å². The Balaban J connectivity index is 2.31. The van der Waals surface area contributed by atoms with Crippen molar-refractivity contribution in [2.45, 2.75) is 36.2 Å². The minimum atomic E-state index is -4.36. The van der Waals surface area contributed by atoms with Gasteiger partial charge in [0.2, 0.25) is 0 Å². The number of alkyl halides is 4. The van der Waals surface area contributed by atoms with Gasteiger partial charge in [0.15, 0.2) is 5.78 Å². The molecule has 1 nitrogen and oxygen atoms in total. The number of rotatable bonds is 1. The highest BCUT2D eigenvalue weighted by molar-refractivity contribution is 9.10. The average molecular weight is 321 g/mol. The fourth-order valence-corrected chi connectivity index (χ4v) is 2.91. The van der Waals surface area contributed by atoms with Crippen LogP contribution in [0.5, 0.6) is 0 Å². The fraction of sp³-hybridized carbons (Fsp3) is 0.462. The maximum Gasteiger partial charge on any atom is 0.416 e. The molecule has 98 valence electrons. The van der Waals surface area contributed by atoms with Gasteiger partial charge in [-0.1, -0.05) is 40.5 Å². The van der Waals surface area contributed by atoms with E-state index < -0.39 is 17.7 Å². The van der Waals surface area contributed by atoms with Gasteiger partial charge in [0.25, 0.3) is 0 Å². The van der Waals surface area contributed by atoms with Crippen LogP contribution in [-0.2, 0) is 11.0 Å². The Morgan fingerprint density at radius 1 is 1.22 bits per heavy atom. The lowest BCUT2D eigenvalue weighted by molar-refractivity contribution is -0.137. The molecule has 0 spiro atoms. The molecule has 2 atom stereocenters. The molecule has 2 unspecified atom stereocenters. The van der Waals surface area contributed by atoms with Gasteiger partial charge < -0.3 is 0 Å². The summed E-state index contributed by atoms with van der Waals surface area (Å²) in [5.74, 6) is -0.425. The van der Waals surface area contributed by atoms with Crippen LogP contribution < -0.4 is 0 Å². The lowest BCUT2D eigenvalue weighted by Gasteiger charge is -2.25. The molecule has 18 heavy (non-hydrogen) atoms. The summed E-state index contributed by atoms with van der Waals surface area (Å²) in [7, 11) is 0. The van der Waals surface area contributed by atoms with Gasteiger partial charge in [0, 0.05) is 5.92 Å². The monoisotopic (exact) mass is 320 g/mol. The molecule has 0 radical (unpaired) electrons. The Hall–Kier alpha value is -0.840. The van der Waals surface area contributed by atoms with Crippen molar-refractivity contribution in [2.24, 2.45) is 0 Å². The number of benzene rings is 1. The Kier molecular flexibility index (Phi) is 3.80. The molecular formula is C13H12BrF3O. The summed E-state index contributed by atoms with van der Waals surface area (Å²) in [5, 5.41) is 0. The van der Waals surface area contributed by atoms with Crippen LogP contribution in [0.1, 0.15) is 36.3 Å². The minimum absolute atomic E-state index is 0.0134. The second-order valence-electron chi connectivity index (χ2n) is 4.48. The molecule has 0 heterocycles. The lowest BCUT2D eigenvalue weighted by Crippen LogP contribution is -2.27. The van der Waals surface area contributed by atoms with E-state index in [1.54, 1.807) is 6.07 Å². The predicted molar refractivity (Wildman–Crippen MR) is 65.8 cm³/mol. The number of halogens is 4. The number of carbonyl (C=O) groups is 1. The summed E-state index contributed by atoms with van der Waals surface area (Å²) < 4.78 is 37.8. The van der Waals surface area contributed by atoms with Gasteiger partial charge in [0.05, 0.1) is 10.4 Å². The van der Waals surface area contributed by atoms with E-state index in [2.05, 4.69) is 15.9 Å². The zero-order valence-electron chi connectivity index (χ0n) is 9.51. The largest absolute Gasteiger partial charge is 0.416 e. The van der Waals surface area contributed by atoms with Crippen molar-refractivity contribution in [3.05, 3.63) is 35.4 Å². The number of hydrogen-bond donors (Lipinski definition) is 0. The van der Waals surface area contributed by atoms with E-state index in [1.165, 1.54) is 6.07 Å². The van der Waals surface area contributed by atoms with E-state index in [0.29, 0.717) is 12.0 Å². The van der Waals surface area contributed by atoms with Crippen molar-refractivity contribution < 1.29 is 18.0 Å². The molecule has 1 aliphatic rings. The summed E-state index contributed by atoms with van der Waals surface area (Å²) in [6.45, 7) is 0. The van der Waals surface area contributed by atoms with Gasteiger partial charge in [-0.05, 0) is 24.5 Å². The molecule has 1 aliphatic carbocycles. The number of carbonyl (C=O) groups excluding carboxylic acids is 1. The maximum absolute atomic E-state index is 12.6. The van der Waals surface area contributed by atoms with Crippen LogP contribution in [0.15, 0.2) is 24.3 Å². The van der Waals surface area contributed by atoms with Gasteiger partial charge in [-0.25, -0.2) is 0 Å². The molecule has 0 amide bonds. The average Bonchev–Trinajstić information content (AvgIpc) is 2.32. The predicted octanol–water partition coefficient (Wildman–Crippen LogP) is 4.31. The maximum atomic E-state index is 12.6. The third kappa shape index (κ3) is 2.76. The second kappa shape index (κ2) is 5.03. The van der Waals surface area contributed by atoms with Crippen LogP contribution in [0.3, 0.4) is 0 Å². The molecule has 0 bridgehead atoms. The first kappa shape index (κ1) is 13.6. The first-order valence-corrected chi connectivity index (χ1v) is 6.66. The van der Waals surface area contributed by atoms with Crippen molar-refractivity contribution in [1.29, 1.82) is 0 Å². The SMILES string of the molecule is O=C1C(Br)CCCC1c1cccc(C(F)(F)F)c1. The summed E-state index contributed by atoms with van der Waals surface area (Å²) in [6.07, 6.45) is -2.12. The van der Waals surface area contributed by atoms with Gasteiger partial charge in [0.1, 0.15) is 0 Å². The van der Waals surface area contributed by atoms with Crippen LogP contribution in [0.25, 0.3) is 0 Å². The topological polar surface area (TPSA) is 17.1 Å². The van der Waals surface area contributed by atoms with Crippen LogP contribution in [0.2, 0.25) is 0 Å². The van der Waals surface area contributed by atoms with Crippen LogP contribution in [-0.4, -0.2) is 10.6 Å². The van der Waals surface area contributed by atoms with Crippen LogP contribution in [0, 0.1) is 0 Å². The van der Waals surface area contributed by atoms with Crippen molar-refractivity contribution in [1.82, 2.24) is 0 Å². The highest BCUT2D eigenvalue weighted by Crippen LogP contribution is 2.36. The lowest BCUT2D eigenvalue weighted by atomic mass is 9.82. The molecular weight excluding hydrogens is 309 g/mol. The molecule has 0 N–H and O–H groups in total. The van der Waals surface area contributed by atoms with Crippen LogP contribution in [0.4, 0.5) is 13.2 Å². The highest BCUT2D eigenvalue weighted by Gasteiger charge is 2.34. The Bertz CT molecular complexity index is 456. The Morgan fingerprint density at radius 2 is 1.94 bits per heavy atom. The number of ketones is 1. The molecule has 1 aromatic carbocycles. The third-order valence-electron chi connectivity index (χ3n) is 3.22. The van der Waals surface area contributed by atoms with Crippen molar-refractivity contribution in [2.75, 3.05) is 0 Å². The molecule has 1 saturated carbocycles. The normalized spacial score (nSPS) is 25.2. The highest BCUT2D eigenvalue weighted by atomic mass is 79.9. The van der Waals surface area contributed by atoms with E-state index in [9.17, 15) is 18.0 Å². The van der Waals surface area contributed by atoms with E-state index >= 15 is 0 Å². The molecule has 1 fully saturated rings. The van der Waals surface area contributed by atoms with E-state index in [0.717, 1.165) is 25.0 Å². The summed E-state index contributed by atoms with van der Waals surface area (Å²) >= 11 is 3.28. The summed E-state index contributed by atoms with van der Waals surface area (Å²) in [5.41, 5.74) is -0.219. The van der Waals surface area contributed by atoms with E-state index in [1.807, 2.05) is 0 Å². The third-order valence-corrected chi connectivity index (χ3v) is 4.13. The number of Topliss-reactive ketones (excluding diaryl/α,β-unsaturated/α-hetero) is 1. The number of hydrogen-bond acceptors (Lipinski definition) is 1. The van der Waals surface area contributed by atoms with Gasteiger partial charge >= 0.3 is 6.18 Å². The van der Waals surface area contributed by atoms with Gasteiger partial charge in [-0.2, -0.15) is 13.2 Å². The van der Waals surface area contributed by atoms with E-state index in [4.69, 9.17) is 0 Å². The zero-order valence-corrected chi connectivity index (χ0v) is 11.1. The second-order valence-corrected chi connectivity index (χ2v) is 5.58. The molecule has 2 rings (SSSR count). The molecule has 0 aliphatic heterocycles. The quantitative estimate of drug-likeness (QED) is 0.705. The van der Waals surface area contributed by atoms with Gasteiger partial charge in [-0.15, -0.1) is 0 Å². The van der Waals surface area contributed by atoms with Gasteiger partial charge in [-0.3, -0.25) is 4.79 Å².